The van der Waals surface area contributed by atoms with Gasteiger partial charge in [0.25, 0.3) is 5.91 Å². The third-order valence-electron chi connectivity index (χ3n) is 6.05. The lowest BCUT2D eigenvalue weighted by Gasteiger charge is -2.49. The van der Waals surface area contributed by atoms with Crippen LogP contribution >= 0.6 is 0 Å². The number of carbonyl (C=O) groups excluding carboxylic acids is 2. The quantitative estimate of drug-likeness (QED) is 0.787. The van der Waals surface area contributed by atoms with E-state index in [1.807, 2.05) is 9.80 Å². The minimum atomic E-state index is -0.0995. The van der Waals surface area contributed by atoms with Crippen molar-refractivity contribution >= 4 is 11.8 Å². The van der Waals surface area contributed by atoms with Crippen LogP contribution in [0, 0.1) is 5.41 Å². The van der Waals surface area contributed by atoms with Gasteiger partial charge in [-0.25, -0.2) is 9.97 Å². The van der Waals surface area contributed by atoms with E-state index in [4.69, 9.17) is 0 Å². The van der Waals surface area contributed by atoms with Crippen molar-refractivity contribution in [1.29, 1.82) is 0 Å². The maximum Gasteiger partial charge on any atom is 0.291 e. The Labute approximate surface area is 135 Å². The fraction of sp³-hybridized carbons (Fsp3) is 0.647. The molecule has 2 saturated heterocycles. The van der Waals surface area contributed by atoms with Crippen LogP contribution < -0.4 is 0 Å². The number of rotatable bonds is 1. The fourth-order valence-corrected chi connectivity index (χ4v) is 5.23. The van der Waals surface area contributed by atoms with Crippen LogP contribution in [-0.2, 0) is 4.79 Å². The first-order chi connectivity index (χ1) is 11.0. The lowest BCUT2D eigenvalue weighted by molar-refractivity contribution is -0.132. The molecule has 2 aliphatic heterocycles. The second-order valence-electron chi connectivity index (χ2n) is 7.28. The molecule has 3 aliphatic rings. The number of piperidine rings is 1. The van der Waals surface area contributed by atoms with E-state index in [2.05, 4.69) is 16.9 Å². The molecule has 2 amide bonds. The number of nitrogens with zero attached hydrogens (tertiary/aromatic N) is 4. The summed E-state index contributed by atoms with van der Waals surface area (Å²) in [5, 5.41) is 0. The van der Waals surface area contributed by atoms with Gasteiger partial charge in [-0.1, -0.05) is 6.92 Å². The molecule has 0 unspecified atom stereocenters. The minimum absolute atomic E-state index is 0.00270. The van der Waals surface area contributed by atoms with Crippen LogP contribution in [-0.4, -0.2) is 56.3 Å². The number of aromatic nitrogens is 2. The van der Waals surface area contributed by atoms with E-state index < -0.39 is 0 Å². The van der Waals surface area contributed by atoms with Crippen LogP contribution in [0.3, 0.4) is 0 Å². The normalized spacial score (nSPS) is 35.3. The number of fused-ring (bicyclic) bond motifs is 1. The lowest BCUT2D eigenvalue weighted by Crippen LogP contribution is -2.57. The van der Waals surface area contributed by atoms with Gasteiger partial charge in [-0.05, 0) is 31.7 Å². The minimum Gasteiger partial charge on any atom is -0.335 e. The summed E-state index contributed by atoms with van der Waals surface area (Å²) in [4.78, 5) is 37.3. The molecular weight excluding hydrogens is 292 g/mol. The summed E-state index contributed by atoms with van der Waals surface area (Å²) in [6.45, 7) is 4.51. The number of hydrogen-bond donors (Lipinski definition) is 0. The summed E-state index contributed by atoms with van der Waals surface area (Å²) in [6.07, 6.45) is 7.32. The van der Waals surface area contributed by atoms with E-state index in [1.165, 1.54) is 0 Å². The molecule has 0 radical (unpaired) electrons. The van der Waals surface area contributed by atoms with Crippen molar-refractivity contribution < 1.29 is 9.59 Å². The molecule has 4 atom stereocenters. The van der Waals surface area contributed by atoms with Crippen LogP contribution in [0.5, 0.6) is 0 Å². The summed E-state index contributed by atoms with van der Waals surface area (Å²) in [7, 11) is 0. The molecule has 0 aromatic carbocycles. The van der Waals surface area contributed by atoms with Gasteiger partial charge in [0.2, 0.25) is 11.7 Å². The second-order valence-corrected chi connectivity index (χ2v) is 7.28. The molecule has 1 saturated carbocycles. The van der Waals surface area contributed by atoms with Crippen molar-refractivity contribution in [1.82, 2.24) is 19.8 Å². The highest BCUT2D eigenvalue weighted by molar-refractivity contribution is 5.91. The number of carbonyl (C=O) groups is 2. The molecular formula is C17H22N4O2. The molecule has 3 heterocycles. The van der Waals surface area contributed by atoms with E-state index >= 15 is 0 Å². The SMILES string of the molecule is CC(=O)N1[C@@H]2CN(C(=O)c3ncccn3)[C@@H]3CCC[C@H]1[C@]3(C)C2. The summed E-state index contributed by atoms with van der Waals surface area (Å²) < 4.78 is 0. The topological polar surface area (TPSA) is 66.4 Å². The summed E-state index contributed by atoms with van der Waals surface area (Å²) in [5.74, 6) is 0.293. The van der Waals surface area contributed by atoms with Gasteiger partial charge in [0.1, 0.15) is 0 Å². The molecule has 4 rings (SSSR count). The van der Waals surface area contributed by atoms with Crippen LogP contribution in [0.25, 0.3) is 0 Å². The third-order valence-corrected chi connectivity index (χ3v) is 6.05. The second kappa shape index (κ2) is 5.01. The number of amides is 2. The largest absolute Gasteiger partial charge is 0.335 e. The highest BCUT2D eigenvalue weighted by Crippen LogP contribution is 2.54. The van der Waals surface area contributed by atoms with Gasteiger partial charge in [0, 0.05) is 43.4 Å². The van der Waals surface area contributed by atoms with Crippen LogP contribution in [0.2, 0.25) is 0 Å². The molecule has 122 valence electrons. The molecule has 1 aromatic rings. The Bertz CT molecular complexity index is 649. The van der Waals surface area contributed by atoms with E-state index in [0.717, 1.165) is 25.7 Å². The van der Waals surface area contributed by atoms with Crippen molar-refractivity contribution in [2.75, 3.05) is 6.54 Å². The molecule has 23 heavy (non-hydrogen) atoms. The Balaban J connectivity index is 1.72. The van der Waals surface area contributed by atoms with Crippen molar-refractivity contribution in [3.8, 4) is 0 Å². The van der Waals surface area contributed by atoms with Crippen LogP contribution in [0.1, 0.15) is 50.1 Å². The van der Waals surface area contributed by atoms with E-state index in [0.29, 0.717) is 6.54 Å². The van der Waals surface area contributed by atoms with Crippen molar-refractivity contribution in [2.45, 2.75) is 57.7 Å². The number of likely N-dealkylation sites (tertiary alicyclic amines) is 2. The van der Waals surface area contributed by atoms with Crippen molar-refractivity contribution in [2.24, 2.45) is 5.41 Å². The molecule has 1 aromatic heterocycles. The smallest absolute Gasteiger partial charge is 0.291 e. The molecule has 2 bridgehead atoms. The number of hydrogen-bond acceptors (Lipinski definition) is 4. The Hall–Kier alpha value is -1.98. The third kappa shape index (κ3) is 2.00. The zero-order valence-electron chi connectivity index (χ0n) is 13.6. The van der Waals surface area contributed by atoms with E-state index in [1.54, 1.807) is 25.4 Å². The standard InChI is InChI=1S/C17H22N4O2/c1-11(22)21-12-9-17(2)13(5-3-6-14(17)21)20(10-12)16(23)15-18-7-4-8-19-15/h4,7-8,12-14H,3,5-6,9-10H2,1-2H3/t12-,13+,14-,17+/m0/s1. The monoisotopic (exact) mass is 314 g/mol. The maximum atomic E-state index is 12.9. The van der Waals surface area contributed by atoms with E-state index in [-0.39, 0.29) is 41.2 Å². The molecule has 0 N–H and O–H groups in total. The summed E-state index contributed by atoms with van der Waals surface area (Å²) >= 11 is 0. The zero-order valence-corrected chi connectivity index (χ0v) is 13.6. The first-order valence-electron chi connectivity index (χ1n) is 8.39. The summed E-state index contributed by atoms with van der Waals surface area (Å²) in [6, 6.07) is 2.28. The average molecular weight is 314 g/mol. The van der Waals surface area contributed by atoms with Gasteiger partial charge in [-0.2, -0.15) is 0 Å². The Morgan fingerprint density at radius 1 is 1.22 bits per heavy atom. The summed E-state index contributed by atoms with van der Waals surface area (Å²) in [5.41, 5.74) is -0.00270. The highest BCUT2D eigenvalue weighted by Gasteiger charge is 2.61. The predicted octanol–water partition coefficient (Wildman–Crippen LogP) is 1.48. The van der Waals surface area contributed by atoms with Gasteiger partial charge < -0.3 is 9.80 Å². The Morgan fingerprint density at radius 2 is 1.91 bits per heavy atom. The molecule has 1 aliphatic carbocycles. The molecule has 6 heteroatoms. The van der Waals surface area contributed by atoms with Crippen LogP contribution in [0.15, 0.2) is 18.5 Å². The Kier molecular flexibility index (Phi) is 3.18. The highest BCUT2D eigenvalue weighted by atomic mass is 16.2. The average Bonchev–Trinajstić information content (AvgIpc) is 2.84. The van der Waals surface area contributed by atoms with Crippen molar-refractivity contribution in [3.63, 3.8) is 0 Å². The lowest BCUT2D eigenvalue weighted by atomic mass is 9.66. The Morgan fingerprint density at radius 3 is 2.61 bits per heavy atom. The predicted molar refractivity (Wildman–Crippen MR) is 83.5 cm³/mol. The molecule has 3 fully saturated rings. The zero-order chi connectivity index (χ0) is 16.2. The first kappa shape index (κ1) is 14.6. The molecule has 0 spiro atoms. The molecule has 6 nitrogen and oxygen atoms in total. The van der Waals surface area contributed by atoms with Gasteiger partial charge in [-0.15, -0.1) is 0 Å². The van der Waals surface area contributed by atoms with Crippen LogP contribution in [0.4, 0.5) is 0 Å². The van der Waals surface area contributed by atoms with Gasteiger partial charge in [0.15, 0.2) is 0 Å². The van der Waals surface area contributed by atoms with Gasteiger partial charge >= 0.3 is 0 Å². The van der Waals surface area contributed by atoms with Gasteiger partial charge in [-0.3, -0.25) is 9.59 Å². The van der Waals surface area contributed by atoms with Crippen molar-refractivity contribution in [3.05, 3.63) is 24.3 Å². The maximum absolute atomic E-state index is 12.9. The first-order valence-corrected chi connectivity index (χ1v) is 8.39. The fourth-order valence-electron chi connectivity index (χ4n) is 5.23. The van der Waals surface area contributed by atoms with E-state index in [9.17, 15) is 9.59 Å². The van der Waals surface area contributed by atoms with Gasteiger partial charge in [0.05, 0.1) is 6.04 Å².